The number of carbonyl (C=O) groups is 2. The molecular weight excluding hydrogens is 412 g/mol. The molecule has 6 nitrogen and oxygen atoms in total. The molecule has 0 unspecified atom stereocenters. The maximum Gasteiger partial charge on any atom is 0.248 e. The summed E-state index contributed by atoms with van der Waals surface area (Å²) in [6, 6.07) is 21.3. The zero-order valence-corrected chi connectivity index (χ0v) is 18.4. The van der Waals surface area contributed by atoms with Gasteiger partial charge in [-0.3, -0.25) is 13.9 Å². The second-order valence-corrected chi connectivity index (χ2v) is 9.16. The number of sulfonamides is 1. The summed E-state index contributed by atoms with van der Waals surface area (Å²) in [7, 11) is -3.73. The molecule has 7 heteroatoms. The number of nitrogens with one attached hydrogen (secondary N) is 1. The predicted molar refractivity (Wildman–Crippen MR) is 123 cm³/mol. The van der Waals surface area contributed by atoms with Gasteiger partial charge in [0.15, 0.2) is 5.78 Å². The molecule has 0 saturated heterocycles. The first kappa shape index (κ1) is 22.2. The first-order valence-corrected chi connectivity index (χ1v) is 11.6. The van der Waals surface area contributed by atoms with Gasteiger partial charge in [0, 0.05) is 11.1 Å². The fourth-order valence-corrected chi connectivity index (χ4v) is 4.45. The van der Waals surface area contributed by atoms with Gasteiger partial charge in [-0.1, -0.05) is 60.2 Å². The highest BCUT2D eigenvalue weighted by atomic mass is 32.2. The molecule has 0 bridgehead atoms. The number of para-hydroxylation sites is 1. The molecule has 160 valence electrons. The molecule has 0 fully saturated rings. The van der Waals surface area contributed by atoms with Gasteiger partial charge in [0.2, 0.25) is 15.9 Å². The maximum absolute atomic E-state index is 13.0. The Kier molecular flexibility index (Phi) is 6.56. The lowest BCUT2D eigenvalue weighted by Crippen LogP contribution is -2.45. The van der Waals surface area contributed by atoms with Crippen LogP contribution in [-0.2, 0) is 14.8 Å². The summed E-state index contributed by atoms with van der Waals surface area (Å²) < 4.78 is 26.0. The third-order valence-corrected chi connectivity index (χ3v) is 6.08. The van der Waals surface area contributed by atoms with Crippen LogP contribution in [0, 0.1) is 6.92 Å². The van der Waals surface area contributed by atoms with E-state index in [4.69, 9.17) is 0 Å². The molecule has 0 spiro atoms. The number of hydrogen-bond donors (Lipinski definition) is 1. The number of anilines is 2. The van der Waals surface area contributed by atoms with E-state index >= 15 is 0 Å². The van der Waals surface area contributed by atoms with Crippen LogP contribution < -0.4 is 9.62 Å². The highest BCUT2D eigenvalue weighted by Gasteiger charge is 2.29. The zero-order chi connectivity index (χ0) is 22.6. The molecule has 0 aromatic heterocycles. The van der Waals surface area contributed by atoms with Crippen molar-refractivity contribution in [2.75, 3.05) is 15.9 Å². The van der Waals surface area contributed by atoms with Crippen molar-refractivity contribution in [3.63, 3.8) is 0 Å². The van der Waals surface area contributed by atoms with Crippen molar-refractivity contribution in [3.05, 3.63) is 95.6 Å². The fraction of sp³-hybridized carbons (Fsp3) is 0.167. The number of carbonyl (C=O) groups excluding carboxylic acids is 2. The summed E-state index contributed by atoms with van der Waals surface area (Å²) >= 11 is 0. The second-order valence-electron chi connectivity index (χ2n) is 7.30. The molecule has 1 N–H and O–H groups in total. The lowest BCUT2D eigenvalue weighted by molar-refractivity contribution is -0.116. The minimum atomic E-state index is -3.73. The van der Waals surface area contributed by atoms with E-state index in [-0.39, 0.29) is 5.78 Å². The van der Waals surface area contributed by atoms with Crippen molar-refractivity contribution >= 4 is 33.1 Å². The van der Waals surface area contributed by atoms with E-state index in [2.05, 4.69) is 5.32 Å². The van der Waals surface area contributed by atoms with Gasteiger partial charge >= 0.3 is 0 Å². The van der Waals surface area contributed by atoms with Gasteiger partial charge in [0.05, 0.1) is 17.6 Å². The third-order valence-electron chi connectivity index (χ3n) is 4.84. The Morgan fingerprint density at radius 1 is 0.871 bits per heavy atom. The minimum Gasteiger partial charge on any atom is -0.324 e. The van der Waals surface area contributed by atoms with Crippen LogP contribution in [0.25, 0.3) is 0 Å². The lowest BCUT2D eigenvalue weighted by Gasteiger charge is -2.28. The van der Waals surface area contributed by atoms with Crippen LogP contribution in [0.1, 0.15) is 28.4 Å². The largest absolute Gasteiger partial charge is 0.324 e. The molecule has 0 heterocycles. The van der Waals surface area contributed by atoms with Crippen LogP contribution in [0.4, 0.5) is 11.4 Å². The van der Waals surface area contributed by atoms with Gasteiger partial charge in [0.1, 0.15) is 6.04 Å². The number of ketones is 1. The number of benzene rings is 3. The van der Waals surface area contributed by atoms with Gasteiger partial charge in [-0.25, -0.2) is 8.42 Å². The molecular formula is C24H24N2O4S. The molecule has 0 saturated carbocycles. The molecule has 31 heavy (non-hydrogen) atoms. The second kappa shape index (κ2) is 9.14. The first-order valence-electron chi connectivity index (χ1n) is 9.74. The predicted octanol–water partition coefficient (Wildman–Crippen LogP) is 4.02. The van der Waals surface area contributed by atoms with Crippen molar-refractivity contribution in [2.24, 2.45) is 0 Å². The Labute approximate surface area is 182 Å². The lowest BCUT2D eigenvalue weighted by atomic mass is 10.0. The van der Waals surface area contributed by atoms with Crippen molar-refractivity contribution in [1.29, 1.82) is 0 Å². The number of hydrogen-bond acceptors (Lipinski definition) is 4. The van der Waals surface area contributed by atoms with Gasteiger partial charge in [-0.15, -0.1) is 0 Å². The molecule has 1 amide bonds. The molecule has 3 aromatic carbocycles. The fourth-order valence-electron chi connectivity index (χ4n) is 3.27. The quantitative estimate of drug-likeness (QED) is 0.567. The van der Waals surface area contributed by atoms with Crippen LogP contribution in [0.5, 0.6) is 0 Å². The average Bonchev–Trinajstić information content (AvgIpc) is 2.75. The monoisotopic (exact) mass is 436 g/mol. The number of aryl methyl sites for hydroxylation is 1. The summed E-state index contributed by atoms with van der Waals surface area (Å²) in [5, 5.41) is 2.73. The summed E-state index contributed by atoms with van der Waals surface area (Å²) in [6.07, 6.45) is 1.06. The molecule has 3 aromatic rings. The molecule has 1 atom stereocenters. The SMILES string of the molecule is Cc1ccc(N([C@H](C)C(=O)Nc2ccccc2C(=O)c2ccccc2)S(C)(=O)=O)cc1. The molecule has 0 aliphatic rings. The van der Waals surface area contributed by atoms with Gasteiger partial charge in [-0.2, -0.15) is 0 Å². The van der Waals surface area contributed by atoms with Crippen LogP contribution in [0.3, 0.4) is 0 Å². The van der Waals surface area contributed by atoms with Gasteiger partial charge < -0.3 is 5.32 Å². The Balaban J connectivity index is 1.90. The van der Waals surface area contributed by atoms with Gasteiger partial charge in [-0.05, 0) is 38.1 Å². The van der Waals surface area contributed by atoms with E-state index in [1.807, 2.05) is 13.0 Å². The van der Waals surface area contributed by atoms with Crippen LogP contribution in [-0.4, -0.2) is 32.4 Å². The van der Waals surface area contributed by atoms with Crippen LogP contribution in [0.2, 0.25) is 0 Å². The topological polar surface area (TPSA) is 83.6 Å². The molecule has 0 aliphatic carbocycles. The summed E-state index contributed by atoms with van der Waals surface area (Å²) in [4.78, 5) is 25.9. The molecule has 0 radical (unpaired) electrons. The zero-order valence-electron chi connectivity index (χ0n) is 17.6. The Morgan fingerprint density at radius 3 is 2.06 bits per heavy atom. The third kappa shape index (κ3) is 5.19. The van der Waals surface area contributed by atoms with Crippen molar-refractivity contribution < 1.29 is 18.0 Å². The summed E-state index contributed by atoms with van der Waals surface area (Å²) in [5.74, 6) is -0.776. The summed E-state index contributed by atoms with van der Waals surface area (Å²) in [6.45, 7) is 3.41. The van der Waals surface area contributed by atoms with E-state index in [1.54, 1.807) is 72.8 Å². The van der Waals surface area contributed by atoms with E-state index < -0.39 is 22.0 Å². The minimum absolute atomic E-state index is 0.234. The van der Waals surface area contributed by atoms with E-state index in [9.17, 15) is 18.0 Å². The first-order chi connectivity index (χ1) is 14.7. The standard InChI is InChI=1S/C24H24N2O4S/c1-17-13-15-20(16-14-17)26(31(3,29)30)18(2)24(28)25-22-12-8-7-11-21(22)23(27)19-9-5-4-6-10-19/h4-16,18H,1-3H3,(H,25,28)/t18-/m1/s1. The number of rotatable bonds is 7. The van der Waals surface area contributed by atoms with Crippen molar-refractivity contribution in [3.8, 4) is 0 Å². The number of nitrogens with zero attached hydrogens (tertiary/aromatic N) is 1. The average molecular weight is 437 g/mol. The molecule has 0 aliphatic heterocycles. The van der Waals surface area contributed by atoms with Crippen molar-refractivity contribution in [2.45, 2.75) is 19.9 Å². The molecule has 3 rings (SSSR count). The van der Waals surface area contributed by atoms with E-state index in [1.165, 1.54) is 6.92 Å². The van der Waals surface area contributed by atoms with Gasteiger partial charge in [0.25, 0.3) is 0 Å². The Bertz CT molecular complexity index is 1190. The van der Waals surface area contributed by atoms with Crippen LogP contribution >= 0.6 is 0 Å². The maximum atomic E-state index is 13.0. The highest BCUT2D eigenvalue weighted by Crippen LogP contribution is 2.24. The smallest absolute Gasteiger partial charge is 0.248 e. The highest BCUT2D eigenvalue weighted by molar-refractivity contribution is 7.92. The normalized spacial score (nSPS) is 12.1. The summed E-state index contributed by atoms with van der Waals surface area (Å²) in [5.41, 5.74) is 2.52. The van der Waals surface area contributed by atoms with Crippen molar-refractivity contribution in [1.82, 2.24) is 0 Å². The Hall–Kier alpha value is -3.45. The van der Waals surface area contributed by atoms with Crippen LogP contribution in [0.15, 0.2) is 78.9 Å². The number of amides is 1. The Morgan fingerprint density at radius 2 is 1.45 bits per heavy atom. The van der Waals surface area contributed by atoms with E-state index in [0.29, 0.717) is 22.5 Å². The van der Waals surface area contributed by atoms with E-state index in [0.717, 1.165) is 16.1 Å².